The van der Waals surface area contributed by atoms with Crippen LogP contribution in [-0.2, 0) is 4.74 Å². The van der Waals surface area contributed by atoms with Gasteiger partial charge in [0, 0.05) is 30.5 Å². The van der Waals surface area contributed by atoms with Crippen LogP contribution < -0.4 is 15.4 Å². The third kappa shape index (κ3) is 4.47. The van der Waals surface area contributed by atoms with Crippen molar-refractivity contribution in [2.24, 2.45) is 5.73 Å². The maximum absolute atomic E-state index is 12.5. The first-order valence-electron chi connectivity index (χ1n) is 7.99. The molecule has 1 aliphatic heterocycles. The lowest BCUT2D eigenvalue weighted by Gasteiger charge is -2.20. The monoisotopic (exact) mass is 401 g/mol. The van der Waals surface area contributed by atoms with Gasteiger partial charge in [0.1, 0.15) is 11.9 Å². The van der Waals surface area contributed by atoms with Crippen LogP contribution in [0, 0.1) is 10.1 Å². The van der Waals surface area contributed by atoms with Crippen molar-refractivity contribution in [2.45, 2.75) is 18.7 Å². The van der Waals surface area contributed by atoms with Crippen LogP contribution in [0.2, 0.25) is 0 Å². The van der Waals surface area contributed by atoms with Crippen LogP contribution >= 0.6 is 0 Å². The first-order chi connectivity index (χ1) is 13.1. The summed E-state index contributed by atoms with van der Waals surface area (Å²) in [4.78, 5) is 30.8. The van der Waals surface area contributed by atoms with Gasteiger partial charge in [-0.05, 0) is 6.07 Å². The molecule has 1 unspecified atom stereocenters. The molecular weight excluding hydrogens is 387 g/mol. The minimum absolute atomic E-state index is 0.0515. The van der Waals surface area contributed by atoms with Crippen molar-refractivity contribution in [3.63, 3.8) is 0 Å². The van der Waals surface area contributed by atoms with Gasteiger partial charge < -0.3 is 20.1 Å². The summed E-state index contributed by atoms with van der Waals surface area (Å²) in [5, 5.41) is 11.4. The van der Waals surface area contributed by atoms with E-state index >= 15 is 0 Å². The normalized spacial score (nSPS) is 17.0. The van der Waals surface area contributed by atoms with Gasteiger partial charge in [0.25, 0.3) is 5.69 Å². The number of anilines is 1. The van der Waals surface area contributed by atoms with Crippen LogP contribution in [-0.4, -0.2) is 53.0 Å². The molecule has 1 atom stereocenters. The summed E-state index contributed by atoms with van der Waals surface area (Å²) in [7, 11) is 0. The Kier molecular flexibility index (Phi) is 5.07. The number of carbonyl (C=O) groups is 1. The highest BCUT2D eigenvalue weighted by atomic mass is 19.4. The van der Waals surface area contributed by atoms with Gasteiger partial charge in [-0.15, -0.1) is 0 Å². The first kappa shape index (κ1) is 19.4. The molecule has 2 aromatic rings. The van der Waals surface area contributed by atoms with Gasteiger partial charge in [0.15, 0.2) is 6.61 Å². The van der Waals surface area contributed by atoms with E-state index in [0.717, 1.165) is 6.07 Å². The Bertz CT molecular complexity index is 923. The number of nitrogens with zero attached hydrogens (tertiary/aromatic N) is 4. The number of alkyl halides is 3. The fraction of sp³-hybridized carbons (Fsp3) is 0.400. The SMILES string of the molecule is NC(=O)OC1CCN(c2nc(OCC(F)(F)F)nc3cc([N+](=O)[O-])ccc23)C1. The highest BCUT2D eigenvalue weighted by molar-refractivity contribution is 5.91. The van der Waals surface area contributed by atoms with Crippen LogP contribution in [0.25, 0.3) is 10.9 Å². The minimum atomic E-state index is -4.60. The zero-order valence-electron chi connectivity index (χ0n) is 14.2. The number of rotatable bonds is 5. The maximum atomic E-state index is 12.5. The average molecular weight is 401 g/mol. The van der Waals surface area contributed by atoms with Gasteiger partial charge in [-0.25, -0.2) is 4.79 Å². The predicted octanol–water partition coefficient (Wildman–Crippen LogP) is 2.15. The van der Waals surface area contributed by atoms with Crippen molar-refractivity contribution < 1.29 is 32.4 Å². The molecule has 1 amide bonds. The van der Waals surface area contributed by atoms with Gasteiger partial charge in [-0.3, -0.25) is 10.1 Å². The largest absolute Gasteiger partial charge is 0.454 e. The van der Waals surface area contributed by atoms with E-state index in [1.807, 2.05) is 0 Å². The molecule has 150 valence electrons. The van der Waals surface area contributed by atoms with E-state index in [1.165, 1.54) is 12.1 Å². The van der Waals surface area contributed by atoms with E-state index in [2.05, 4.69) is 14.7 Å². The van der Waals surface area contributed by atoms with Crippen LogP contribution in [0.5, 0.6) is 6.01 Å². The number of benzene rings is 1. The van der Waals surface area contributed by atoms with Gasteiger partial charge >= 0.3 is 18.3 Å². The summed E-state index contributed by atoms with van der Waals surface area (Å²) in [6.45, 7) is -1.04. The zero-order chi connectivity index (χ0) is 20.5. The number of carbonyl (C=O) groups excluding carboxylic acids is 1. The van der Waals surface area contributed by atoms with Crippen molar-refractivity contribution in [3.8, 4) is 6.01 Å². The summed E-state index contributed by atoms with van der Waals surface area (Å²) in [6.07, 6.45) is -5.63. The second-order valence-electron chi connectivity index (χ2n) is 5.99. The molecule has 1 aromatic heterocycles. The van der Waals surface area contributed by atoms with Gasteiger partial charge in [-0.1, -0.05) is 0 Å². The quantitative estimate of drug-likeness (QED) is 0.595. The van der Waals surface area contributed by atoms with Crippen molar-refractivity contribution in [3.05, 3.63) is 28.3 Å². The Labute approximate surface area is 155 Å². The summed E-state index contributed by atoms with van der Waals surface area (Å²) in [5.74, 6) is 0.215. The highest BCUT2D eigenvalue weighted by Crippen LogP contribution is 2.32. The third-order valence-corrected chi connectivity index (χ3v) is 3.94. The number of amides is 1. The lowest BCUT2D eigenvalue weighted by atomic mass is 10.2. The lowest BCUT2D eigenvalue weighted by Crippen LogP contribution is -2.28. The Balaban J connectivity index is 1.99. The van der Waals surface area contributed by atoms with E-state index in [4.69, 9.17) is 10.5 Å². The lowest BCUT2D eigenvalue weighted by molar-refractivity contribution is -0.384. The molecule has 1 fully saturated rings. The number of fused-ring (bicyclic) bond motifs is 1. The number of nitrogens with two attached hydrogens (primary N) is 1. The zero-order valence-corrected chi connectivity index (χ0v) is 14.2. The van der Waals surface area contributed by atoms with Crippen molar-refractivity contribution >= 4 is 28.5 Å². The average Bonchev–Trinajstić information content (AvgIpc) is 3.05. The standard InChI is InChI=1S/C15H14F3N5O5/c16-15(17,18)7-27-14-20-11-5-8(23(25)26)1-2-10(11)12(21-14)22-4-3-9(6-22)28-13(19)24/h1-2,5,9H,3-4,6-7H2,(H2,19,24). The fourth-order valence-corrected chi connectivity index (χ4v) is 2.83. The molecular formula is C15H14F3N5O5. The number of hydrogen-bond acceptors (Lipinski definition) is 8. The predicted molar refractivity (Wildman–Crippen MR) is 89.0 cm³/mol. The molecule has 0 saturated carbocycles. The molecule has 2 N–H and O–H groups in total. The summed E-state index contributed by atoms with van der Waals surface area (Å²) >= 11 is 0. The number of nitro benzene ring substituents is 1. The van der Waals surface area contributed by atoms with Crippen molar-refractivity contribution in [2.75, 3.05) is 24.6 Å². The van der Waals surface area contributed by atoms with E-state index in [1.54, 1.807) is 4.90 Å². The Morgan fingerprint density at radius 1 is 1.39 bits per heavy atom. The van der Waals surface area contributed by atoms with E-state index in [-0.39, 0.29) is 23.6 Å². The number of ether oxygens (including phenoxy) is 2. The Hall–Kier alpha value is -3.38. The number of hydrogen-bond donors (Lipinski definition) is 1. The number of halogens is 3. The summed E-state index contributed by atoms with van der Waals surface area (Å²) in [5.41, 5.74) is 4.77. The Morgan fingerprint density at radius 3 is 2.79 bits per heavy atom. The van der Waals surface area contributed by atoms with E-state index in [9.17, 15) is 28.1 Å². The second kappa shape index (κ2) is 7.32. The highest BCUT2D eigenvalue weighted by Gasteiger charge is 2.31. The number of aromatic nitrogens is 2. The Morgan fingerprint density at radius 2 is 2.14 bits per heavy atom. The van der Waals surface area contributed by atoms with Gasteiger partial charge in [-0.2, -0.15) is 23.1 Å². The number of primary amides is 1. The number of nitro groups is 1. The molecule has 1 aliphatic rings. The number of non-ortho nitro benzene ring substituents is 1. The van der Waals surface area contributed by atoms with Crippen LogP contribution in [0.4, 0.5) is 29.5 Å². The molecule has 13 heteroatoms. The van der Waals surface area contributed by atoms with E-state index in [0.29, 0.717) is 18.4 Å². The second-order valence-corrected chi connectivity index (χ2v) is 5.99. The van der Waals surface area contributed by atoms with Crippen LogP contribution in [0.15, 0.2) is 18.2 Å². The summed E-state index contributed by atoms with van der Waals surface area (Å²) < 4.78 is 46.9. The molecule has 0 bridgehead atoms. The summed E-state index contributed by atoms with van der Waals surface area (Å²) in [6, 6.07) is 3.19. The fourth-order valence-electron chi connectivity index (χ4n) is 2.83. The maximum Gasteiger partial charge on any atom is 0.422 e. The van der Waals surface area contributed by atoms with Crippen LogP contribution in [0.3, 0.4) is 0 Å². The smallest absolute Gasteiger partial charge is 0.422 e. The molecule has 1 saturated heterocycles. The molecule has 1 aromatic carbocycles. The van der Waals surface area contributed by atoms with Gasteiger partial charge in [0.2, 0.25) is 0 Å². The topological polar surface area (TPSA) is 134 Å². The molecule has 0 spiro atoms. The molecule has 0 radical (unpaired) electrons. The van der Waals surface area contributed by atoms with E-state index < -0.39 is 35.9 Å². The first-order valence-corrected chi connectivity index (χ1v) is 7.99. The molecule has 28 heavy (non-hydrogen) atoms. The van der Waals surface area contributed by atoms with Crippen LogP contribution in [0.1, 0.15) is 6.42 Å². The molecule has 3 rings (SSSR count). The third-order valence-electron chi connectivity index (χ3n) is 3.94. The molecule has 0 aliphatic carbocycles. The minimum Gasteiger partial charge on any atom is -0.454 e. The molecule has 2 heterocycles. The van der Waals surface area contributed by atoms with Crippen molar-refractivity contribution in [1.82, 2.24) is 9.97 Å². The van der Waals surface area contributed by atoms with Crippen molar-refractivity contribution in [1.29, 1.82) is 0 Å². The molecule has 10 nitrogen and oxygen atoms in total. The van der Waals surface area contributed by atoms with Gasteiger partial charge in [0.05, 0.1) is 17.0 Å².